The van der Waals surface area contributed by atoms with Crippen LogP contribution in [-0.2, 0) is 0 Å². The van der Waals surface area contributed by atoms with E-state index in [-0.39, 0.29) is 0 Å². The summed E-state index contributed by atoms with van der Waals surface area (Å²) in [5.41, 5.74) is 3.46. The molecular weight excluding hydrogens is 262 g/mol. The average Bonchev–Trinajstić information content (AvgIpc) is 2.53. The van der Waals surface area contributed by atoms with Gasteiger partial charge in [0.1, 0.15) is 17.6 Å². The zero-order valence-corrected chi connectivity index (χ0v) is 12.6. The molecule has 0 bridgehead atoms. The first-order valence-corrected chi connectivity index (χ1v) is 6.99. The SMILES string of the molecule is CCCNc1nc(-c2ccc(OC)cc2)c(C)cc1C#N. The van der Waals surface area contributed by atoms with E-state index in [1.807, 2.05) is 37.3 Å². The van der Waals surface area contributed by atoms with Gasteiger partial charge in [-0.15, -0.1) is 0 Å². The lowest BCUT2D eigenvalue weighted by Gasteiger charge is -2.12. The molecule has 1 N–H and O–H groups in total. The molecule has 0 aliphatic heterocycles. The molecule has 21 heavy (non-hydrogen) atoms. The first kappa shape index (κ1) is 14.9. The number of hydrogen-bond donors (Lipinski definition) is 1. The maximum atomic E-state index is 9.23. The standard InChI is InChI=1S/C17H19N3O/c1-4-9-19-17-14(11-18)10-12(2)16(20-17)13-5-7-15(21-3)8-6-13/h5-8,10H,4,9H2,1-3H3,(H,19,20). The van der Waals surface area contributed by atoms with E-state index in [4.69, 9.17) is 4.74 Å². The van der Waals surface area contributed by atoms with Crippen molar-refractivity contribution in [2.24, 2.45) is 0 Å². The molecule has 1 heterocycles. The number of anilines is 1. The third-order valence-corrected chi connectivity index (χ3v) is 3.24. The van der Waals surface area contributed by atoms with Crippen molar-refractivity contribution >= 4 is 5.82 Å². The highest BCUT2D eigenvalue weighted by Crippen LogP contribution is 2.27. The Labute approximate surface area is 125 Å². The number of rotatable bonds is 5. The van der Waals surface area contributed by atoms with Crippen LogP contribution in [0.2, 0.25) is 0 Å². The van der Waals surface area contributed by atoms with Gasteiger partial charge >= 0.3 is 0 Å². The van der Waals surface area contributed by atoms with E-state index in [2.05, 4.69) is 23.3 Å². The van der Waals surface area contributed by atoms with Crippen molar-refractivity contribution in [1.29, 1.82) is 5.26 Å². The molecule has 0 spiro atoms. The number of hydrogen-bond acceptors (Lipinski definition) is 4. The number of aryl methyl sites for hydroxylation is 1. The molecule has 1 aromatic carbocycles. The fourth-order valence-electron chi connectivity index (χ4n) is 2.12. The van der Waals surface area contributed by atoms with Crippen molar-refractivity contribution in [1.82, 2.24) is 4.98 Å². The molecular formula is C17H19N3O. The van der Waals surface area contributed by atoms with Gasteiger partial charge in [-0.25, -0.2) is 4.98 Å². The molecule has 2 aromatic rings. The lowest BCUT2D eigenvalue weighted by atomic mass is 10.0. The average molecular weight is 281 g/mol. The number of pyridine rings is 1. The summed E-state index contributed by atoms with van der Waals surface area (Å²) in [6, 6.07) is 11.8. The van der Waals surface area contributed by atoms with E-state index in [0.29, 0.717) is 11.4 Å². The Bertz CT molecular complexity index is 657. The van der Waals surface area contributed by atoms with Gasteiger partial charge in [-0.3, -0.25) is 0 Å². The summed E-state index contributed by atoms with van der Waals surface area (Å²) in [6.45, 7) is 4.85. The Morgan fingerprint density at radius 3 is 2.57 bits per heavy atom. The van der Waals surface area contributed by atoms with Crippen LogP contribution in [0.15, 0.2) is 30.3 Å². The van der Waals surface area contributed by atoms with Crippen molar-refractivity contribution in [3.05, 3.63) is 41.5 Å². The molecule has 0 fully saturated rings. The zero-order valence-electron chi connectivity index (χ0n) is 12.6. The Hall–Kier alpha value is -2.54. The maximum Gasteiger partial charge on any atom is 0.144 e. The summed E-state index contributed by atoms with van der Waals surface area (Å²) in [7, 11) is 1.65. The predicted molar refractivity (Wildman–Crippen MR) is 84.5 cm³/mol. The Kier molecular flexibility index (Phi) is 4.78. The van der Waals surface area contributed by atoms with Crippen LogP contribution >= 0.6 is 0 Å². The Balaban J connectivity index is 2.44. The third kappa shape index (κ3) is 3.32. The maximum absolute atomic E-state index is 9.23. The molecule has 0 saturated carbocycles. The smallest absolute Gasteiger partial charge is 0.144 e. The molecule has 2 rings (SSSR count). The second-order valence-electron chi connectivity index (χ2n) is 4.82. The van der Waals surface area contributed by atoms with Crippen LogP contribution < -0.4 is 10.1 Å². The monoisotopic (exact) mass is 281 g/mol. The normalized spacial score (nSPS) is 10.0. The lowest BCUT2D eigenvalue weighted by Crippen LogP contribution is -2.06. The predicted octanol–water partition coefficient (Wildman–Crippen LogP) is 3.76. The highest BCUT2D eigenvalue weighted by Gasteiger charge is 2.10. The van der Waals surface area contributed by atoms with Crippen LogP contribution in [-0.4, -0.2) is 18.6 Å². The largest absolute Gasteiger partial charge is 0.497 e. The molecule has 4 nitrogen and oxygen atoms in total. The van der Waals surface area contributed by atoms with Gasteiger partial charge in [-0.1, -0.05) is 6.92 Å². The van der Waals surface area contributed by atoms with Crippen LogP contribution in [0.3, 0.4) is 0 Å². The molecule has 0 unspecified atom stereocenters. The molecule has 0 saturated heterocycles. The van der Waals surface area contributed by atoms with E-state index < -0.39 is 0 Å². The van der Waals surface area contributed by atoms with Gasteiger partial charge < -0.3 is 10.1 Å². The molecule has 0 radical (unpaired) electrons. The molecule has 0 amide bonds. The Morgan fingerprint density at radius 2 is 2.00 bits per heavy atom. The number of nitriles is 1. The zero-order chi connectivity index (χ0) is 15.2. The molecule has 0 atom stereocenters. The number of methoxy groups -OCH3 is 1. The second kappa shape index (κ2) is 6.76. The quantitative estimate of drug-likeness (QED) is 0.906. The topological polar surface area (TPSA) is 57.9 Å². The van der Waals surface area contributed by atoms with Crippen LogP contribution in [0, 0.1) is 18.3 Å². The lowest BCUT2D eigenvalue weighted by molar-refractivity contribution is 0.415. The van der Waals surface area contributed by atoms with Crippen molar-refractivity contribution in [2.75, 3.05) is 19.0 Å². The summed E-state index contributed by atoms with van der Waals surface area (Å²) in [5, 5.41) is 12.4. The number of nitrogens with zero attached hydrogens (tertiary/aromatic N) is 2. The molecule has 1 aromatic heterocycles. The van der Waals surface area contributed by atoms with Gasteiger partial charge in [0.05, 0.1) is 18.4 Å². The van der Waals surface area contributed by atoms with Gasteiger partial charge in [-0.05, 0) is 49.2 Å². The first-order chi connectivity index (χ1) is 10.2. The summed E-state index contributed by atoms with van der Waals surface area (Å²) in [5.74, 6) is 1.46. The highest BCUT2D eigenvalue weighted by atomic mass is 16.5. The first-order valence-electron chi connectivity index (χ1n) is 6.99. The van der Waals surface area contributed by atoms with E-state index in [0.717, 1.165) is 35.5 Å². The third-order valence-electron chi connectivity index (χ3n) is 3.24. The Morgan fingerprint density at radius 1 is 1.29 bits per heavy atom. The van der Waals surface area contributed by atoms with Gasteiger partial charge in [0.15, 0.2) is 0 Å². The minimum atomic E-state index is 0.582. The van der Waals surface area contributed by atoms with Crippen LogP contribution in [0.1, 0.15) is 24.5 Å². The summed E-state index contributed by atoms with van der Waals surface area (Å²) < 4.78 is 5.17. The molecule has 108 valence electrons. The molecule has 4 heteroatoms. The highest BCUT2D eigenvalue weighted by molar-refractivity contribution is 5.68. The number of benzene rings is 1. The van der Waals surface area contributed by atoms with Gasteiger partial charge in [0, 0.05) is 12.1 Å². The summed E-state index contributed by atoms with van der Waals surface area (Å²) >= 11 is 0. The minimum Gasteiger partial charge on any atom is -0.497 e. The summed E-state index contributed by atoms with van der Waals surface area (Å²) in [6.07, 6.45) is 0.984. The van der Waals surface area contributed by atoms with Crippen LogP contribution in [0.25, 0.3) is 11.3 Å². The van der Waals surface area contributed by atoms with Crippen molar-refractivity contribution in [3.8, 4) is 23.1 Å². The van der Waals surface area contributed by atoms with Gasteiger partial charge in [0.25, 0.3) is 0 Å². The number of aromatic nitrogens is 1. The van der Waals surface area contributed by atoms with E-state index in [1.165, 1.54) is 0 Å². The van der Waals surface area contributed by atoms with E-state index in [9.17, 15) is 5.26 Å². The van der Waals surface area contributed by atoms with Crippen LogP contribution in [0.4, 0.5) is 5.82 Å². The van der Waals surface area contributed by atoms with Crippen LogP contribution in [0.5, 0.6) is 5.75 Å². The minimum absolute atomic E-state index is 0.582. The van der Waals surface area contributed by atoms with Crippen molar-refractivity contribution in [3.63, 3.8) is 0 Å². The van der Waals surface area contributed by atoms with Crippen molar-refractivity contribution < 1.29 is 4.74 Å². The van der Waals surface area contributed by atoms with E-state index in [1.54, 1.807) is 7.11 Å². The number of nitrogens with one attached hydrogen (secondary N) is 1. The molecule has 0 aliphatic rings. The van der Waals surface area contributed by atoms with Gasteiger partial charge in [0.2, 0.25) is 0 Å². The van der Waals surface area contributed by atoms with Crippen molar-refractivity contribution in [2.45, 2.75) is 20.3 Å². The second-order valence-corrected chi connectivity index (χ2v) is 4.82. The van der Waals surface area contributed by atoms with E-state index >= 15 is 0 Å². The molecule has 0 aliphatic carbocycles. The van der Waals surface area contributed by atoms with Gasteiger partial charge in [-0.2, -0.15) is 5.26 Å². The summed E-state index contributed by atoms with van der Waals surface area (Å²) in [4.78, 5) is 4.63. The fraction of sp³-hybridized carbons (Fsp3) is 0.294. The fourth-order valence-corrected chi connectivity index (χ4v) is 2.12. The number of ether oxygens (including phenoxy) is 1.